The lowest BCUT2D eigenvalue weighted by atomic mass is 10.2. The summed E-state index contributed by atoms with van der Waals surface area (Å²) in [6.45, 7) is 4.09. The second kappa shape index (κ2) is 5.84. The molecule has 19 heavy (non-hydrogen) atoms. The number of urea groups is 1. The fraction of sp³-hybridized carbons (Fsp3) is 0.286. The molecule has 2 aromatic rings. The van der Waals surface area contributed by atoms with E-state index in [0.29, 0.717) is 0 Å². The van der Waals surface area contributed by atoms with Crippen molar-refractivity contribution >= 4 is 23.1 Å². The van der Waals surface area contributed by atoms with Gasteiger partial charge in [-0.25, -0.2) is 4.79 Å². The molecule has 0 aliphatic heterocycles. The first-order chi connectivity index (χ1) is 9.08. The van der Waals surface area contributed by atoms with E-state index in [1.807, 2.05) is 6.92 Å². The summed E-state index contributed by atoms with van der Waals surface area (Å²) in [6, 6.07) is 7.62. The number of rotatable bonds is 3. The van der Waals surface area contributed by atoms with E-state index in [-0.39, 0.29) is 12.1 Å². The SMILES string of the molecule is Cc1ccc([C@@H](C)N(C)C(=O)Nc2ccncc2)s1. The lowest BCUT2D eigenvalue weighted by molar-refractivity contribution is 0.209. The van der Waals surface area contributed by atoms with Crippen molar-refractivity contribution in [3.63, 3.8) is 0 Å². The average Bonchev–Trinajstić information content (AvgIpc) is 2.85. The second-order valence-electron chi connectivity index (χ2n) is 4.40. The largest absolute Gasteiger partial charge is 0.322 e. The van der Waals surface area contributed by atoms with E-state index >= 15 is 0 Å². The van der Waals surface area contributed by atoms with Gasteiger partial charge in [-0.15, -0.1) is 11.3 Å². The van der Waals surface area contributed by atoms with Gasteiger partial charge in [0.25, 0.3) is 0 Å². The number of nitrogens with one attached hydrogen (secondary N) is 1. The molecule has 0 unspecified atom stereocenters. The van der Waals surface area contributed by atoms with Crippen molar-refractivity contribution < 1.29 is 4.79 Å². The maximum Gasteiger partial charge on any atom is 0.322 e. The molecule has 2 aromatic heterocycles. The normalized spacial score (nSPS) is 11.9. The van der Waals surface area contributed by atoms with Gasteiger partial charge in [-0.2, -0.15) is 0 Å². The van der Waals surface area contributed by atoms with E-state index < -0.39 is 0 Å². The Balaban J connectivity index is 2.03. The number of hydrogen-bond donors (Lipinski definition) is 1. The number of carbonyl (C=O) groups excluding carboxylic acids is 1. The number of aromatic nitrogens is 1. The number of hydrogen-bond acceptors (Lipinski definition) is 3. The van der Waals surface area contributed by atoms with Gasteiger partial charge in [0.2, 0.25) is 0 Å². The Morgan fingerprint density at radius 2 is 2.00 bits per heavy atom. The van der Waals surface area contributed by atoms with Gasteiger partial charge in [0, 0.05) is 34.9 Å². The van der Waals surface area contributed by atoms with Crippen LogP contribution in [0.15, 0.2) is 36.7 Å². The van der Waals surface area contributed by atoms with E-state index in [1.54, 1.807) is 47.8 Å². The highest BCUT2D eigenvalue weighted by molar-refractivity contribution is 7.12. The zero-order valence-electron chi connectivity index (χ0n) is 11.3. The van der Waals surface area contributed by atoms with Crippen molar-refractivity contribution in [3.05, 3.63) is 46.4 Å². The second-order valence-corrected chi connectivity index (χ2v) is 5.72. The summed E-state index contributed by atoms with van der Waals surface area (Å²) in [5.74, 6) is 0. The quantitative estimate of drug-likeness (QED) is 0.928. The summed E-state index contributed by atoms with van der Waals surface area (Å²) in [5, 5.41) is 2.85. The van der Waals surface area contributed by atoms with Crippen molar-refractivity contribution in [2.24, 2.45) is 0 Å². The van der Waals surface area contributed by atoms with Crippen molar-refractivity contribution in [3.8, 4) is 0 Å². The molecule has 2 heterocycles. The maximum atomic E-state index is 12.1. The summed E-state index contributed by atoms with van der Waals surface area (Å²) in [4.78, 5) is 20.2. The summed E-state index contributed by atoms with van der Waals surface area (Å²) in [6.07, 6.45) is 3.31. The van der Waals surface area contributed by atoms with Crippen LogP contribution in [0.2, 0.25) is 0 Å². The van der Waals surface area contributed by atoms with Crippen LogP contribution in [0.1, 0.15) is 22.7 Å². The van der Waals surface area contributed by atoms with Crippen molar-refractivity contribution in [2.45, 2.75) is 19.9 Å². The van der Waals surface area contributed by atoms with Crippen LogP contribution in [0.25, 0.3) is 0 Å². The first-order valence-corrected chi connectivity index (χ1v) is 6.90. The highest BCUT2D eigenvalue weighted by Crippen LogP contribution is 2.26. The van der Waals surface area contributed by atoms with Crippen molar-refractivity contribution in [1.29, 1.82) is 0 Å². The first kappa shape index (κ1) is 13.5. The average molecular weight is 275 g/mol. The molecule has 0 radical (unpaired) electrons. The summed E-state index contributed by atoms with van der Waals surface area (Å²) < 4.78 is 0. The van der Waals surface area contributed by atoms with Gasteiger partial charge < -0.3 is 10.2 Å². The van der Waals surface area contributed by atoms with Gasteiger partial charge >= 0.3 is 6.03 Å². The summed E-state index contributed by atoms with van der Waals surface area (Å²) in [7, 11) is 1.80. The van der Waals surface area contributed by atoms with E-state index in [2.05, 4.69) is 29.4 Å². The van der Waals surface area contributed by atoms with Crippen molar-refractivity contribution in [1.82, 2.24) is 9.88 Å². The van der Waals surface area contributed by atoms with Gasteiger partial charge in [0.05, 0.1) is 6.04 Å². The summed E-state index contributed by atoms with van der Waals surface area (Å²) in [5.41, 5.74) is 0.751. The molecule has 4 nitrogen and oxygen atoms in total. The lowest BCUT2D eigenvalue weighted by Gasteiger charge is -2.24. The fourth-order valence-corrected chi connectivity index (χ4v) is 2.66. The van der Waals surface area contributed by atoms with Crippen LogP contribution in [-0.4, -0.2) is 23.0 Å². The Hall–Kier alpha value is -1.88. The predicted octanol–water partition coefficient (Wildman–Crippen LogP) is 3.68. The van der Waals surface area contributed by atoms with Gasteiger partial charge in [0.1, 0.15) is 0 Å². The number of pyridine rings is 1. The van der Waals surface area contributed by atoms with Crippen LogP contribution in [0.5, 0.6) is 0 Å². The van der Waals surface area contributed by atoms with E-state index in [0.717, 1.165) is 5.69 Å². The standard InChI is InChI=1S/C14H17N3OS/c1-10-4-5-13(19-10)11(2)17(3)14(18)16-12-6-8-15-9-7-12/h4-9,11H,1-3H3,(H,15,16,18)/t11-/m1/s1. The smallest absolute Gasteiger partial charge is 0.320 e. The molecule has 5 heteroatoms. The molecule has 100 valence electrons. The third kappa shape index (κ3) is 3.32. The third-order valence-corrected chi connectivity index (χ3v) is 4.18. The Kier molecular flexibility index (Phi) is 4.16. The van der Waals surface area contributed by atoms with Crippen LogP contribution in [0, 0.1) is 6.92 Å². The molecular weight excluding hydrogens is 258 g/mol. The van der Waals surface area contributed by atoms with Crippen LogP contribution < -0.4 is 5.32 Å². The molecular formula is C14H17N3OS. The number of amides is 2. The van der Waals surface area contributed by atoms with Crippen LogP contribution in [0.3, 0.4) is 0 Å². The van der Waals surface area contributed by atoms with Crippen molar-refractivity contribution in [2.75, 3.05) is 12.4 Å². The molecule has 0 fully saturated rings. The number of nitrogens with zero attached hydrogens (tertiary/aromatic N) is 2. The molecule has 0 saturated carbocycles. The van der Waals surface area contributed by atoms with Gasteiger partial charge in [-0.05, 0) is 38.1 Å². The fourth-order valence-electron chi connectivity index (χ4n) is 1.69. The van der Waals surface area contributed by atoms with Crippen LogP contribution in [0.4, 0.5) is 10.5 Å². The Labute approximate surface area is 117 Å². The number of aryl methyl sites for hydroxylation is 1. The Morgan fingerprint density at radius 3 is 2.58 bits per heavy atom. The van der Waals surface area contributed by atoms with E-state index in [4.69, 9.17) is 0 Å². The molecule has 0 bridgehead atoms. The van der Waals surface area contributed by atoms with Gasteiger partial charge in [0.15, 0.2) is 0 Å². The van der Waals surface area contributed by atoms with Crippen LogP contribution >= 0.6 is 11.3 Å². The van der Waals surface area contributed by atoms with Crippen LogP contribution in [-0.2, 0) is 0 Å². The first-order valence-electron chi connectivity index (χ1n) is 6.08. The zero-order chi connectivity index (χ0) is 13.8. The third-order valence-electron chi connectivity index (χ3n) is 3.01. The maximum absolute atomic E-state index is 12.1. The zero-order valence-corrected chi connectivity index (χ0v) is 12.1. The molecule has 0 spiro atoms. The number of carbonyl (C=O) groups is 1. The molecule has 0 aliphatic carbocycles. The Bertz CT molecular complexity index is 553. The highest BCUT2D eigenvalue weighted by Gasteiger charge is 2.18. The number of anilines is 1. The molecule has 0 aromatic carbocycles. The minimum Gasteiger partial charge on any atom is -0.320 e. The van der Waals surface area contributed by atoms with E-state index in [1.165, 1.54) is 9.75 Å². The number of thiophene rings is 1. The topological polar surface area (TPSA) is 45.2 Å². The van der Waals surface area contributed by atoms with Gasteiger partial charge in [-0.1, -0.05) is 0 Å². The minimum atomic E-state index is -0.121. The summed E-state index contributed by atoms with van der Waals surface area (Å²) >= 11 is 1.72. The molecule has 1 atom stereocenters. The van der Waals surface area contributed by atoms with Gasteiger partial charge in [-0.3, -0.25) is 4.98 Å². The van der Waals surface area contributed by atoms with E-state index in [9.17, 15) is 4.79 Å². The molecule has 0 aliphatic rings. The highest BCUT2D eigenvalue weighted by atomic mass is 32.1. The minimum absolute atomic E-state index is 0.0561. The molecule has 1 N–H and O–H groups in total. The lowest BCUT2D eigenvalue weighted by Crippen LogP contribution is -2.33. The monoisotopic (exact) mass is 275 g/mol. The molecule has 0 saturated heterocycles. The molecule has 2 amide bonds. The Morgan fingerprint density at radius 1 is 1.32 bits per heavy atom. The molecule has 2 rings (SSSR count). The predicted molar refractivity (Wildman–Crippen MR) is 78.5 cm³/mol.